The van der Waals surface area contributed by atoms with Crippen LogP contribution in [-0.2, 0) is 11.8 Å². The summed E-state index contributed by atoms with van der Waals surface area (Å²) in [6.45, 7) is 3.18. The van der Waals surface area contributed by atoms with Crippen molar-refractivity contribution < 1.29 is 36.3 Å². The van der Waals surface area contributed by atoms with Gasteiger partial charge in [0.15, 0.2) is 11.0 Å². The van der Waals surface area contributed by atoms with Crippen LogP contribution in [0, 0.1) is 5.82 Å². The van der Waals surface area contributed by atoms with Crippen molar-refractivity contribution in [2.24, 2.45) is 0 Å². The third-order valence-corrected chi connectivity index (χ3v) is 5.72. The van der Waals surface area contributed by atoms with Crippen molar-refractivity contribution in [3.05, 3.63) is 94.4 Å². The molecule has 0 radical (unpaired) electrons. The molecule has 0 amide bonds. The van der Waals surface area contributed by atoms with Gasteiger partial charge in [0.25, 0.3) is 5.89 Å². The molecule has 5 rings (SSSR count). The molecule has 0 aliphatic rings. The Balaban J connectivity index is 1.42. The van der Waals surface area contributed by atoms with Gasteiger partial charge in [0.2, 0.25) is 5.82 Å². The lowest BCUT2D eigenvalue weighted by atomic mass is 10.1. The zero-order valence-corrected chi connectivity index (χ0v) is 19.8. The number of aromatic hydroxyl groups is 1. The van der Waals surface area contributed by atoms with Crippen LogP contribution in [0.2, 0.25) is 0 Å². The lowest BCUT2D eigenvalue weighted by molar-refractivity contribution is -0.137. The first kappa shape index (κ1) is 25.0. The first-order valence-corrected chi connectivity index (χ1v) is 11.2. The third kappa shape index (κ3) is 4.82. The van der Waals surface area contributed by atoms with E-state index in [-0.39, 0.29) is 39.8 Å². The lowest BCUT2D eigenvalue weighted by Gasteiger charge is -2.22. The molecule has 0 fully saturated rings. The Morgan fingerprint density at radius 3 is 2.39 bits per heavy atom. The van der Waals surface area contributed by atoms with E-state index in [1.54, 1.807) is 32.0 Å². The van der Waals surface area contributed by atoms with E-state index in [0.717, 1.165) is 12.1 Å². The number of phenols is 1. The Morgan fingerprint density at radius 2 is 1.68 bits per heavy atom. The average Bonchev–Trinajstić information content (AvgIpc) is 3.36. The summed E-state index contributed by atoms with van der Waals surface area (Å²) in [4.78, 5) is 17.1. The van der Waals surface area contributed by atoms with Crippen molar-refractivity contribution >= 4 is 11.0 Å². The number of rotatable bonds is 5. The predicted molar refractivity (Wildman–Crippen MR) is 128 cm³/mol. The van der Waals surface area contributed by atoms with Gasteiger partial charge in [0, 0.05) is 11.6 Å². The van der Waals surface area contributed by atoms with Gasteiger partial charge >= 0.3 is 6.18 Å². The number of benzene rings is 3. The molecule has 194 valence electrons. The first-order chi connectivity index (χ1) is 17.9. The maximum atomic E-state index is 13.8. The minimum atomic E-state index is -4.75. The van der Waals surface area contributed by atoms with E-state index < -0.39 is 23.2 Å². The second-order valence-electron chi connectivity index (χ2n) is 8.95. The minimum Gasteiger partial charge on any atom is -0.508 e. The first-order valence-electron chi connectivity index (χ1n) is 11.2. The van der Waals surface area contributed by atoms with E-state index in [0.29, 0.717) is 22.6 Å². The van der Waals surface area contributed by atoms with E-state index in [1.165, 1.54) is 30.5 Å². The number of hydrogen-bond acceptors (Lipinski definition) is 7. The Hall–Kier alpha value is -4.67. The predicted octanol–water partition coefficient (Wildman–Crippen LogP) is 6.69. The molecular weight excluding hydrogens is 508 g/mol. The summed E-state index contributed by atoms with van der Waals surface area (Å²) >= 11 is 0. The summed E-state index contributed by atoms with van der Waals surface area (Å²) in [6.07, 6.45) is -3.44. The molecule has 0 atom stereocenters. The van der Waals surface area contributed by atoms with Crippen LogP contribution in [0.1, 0.15) is 25.3 Å². The highest BCUT2D eigenvalue weighted by atomic mass is 19.4. The number of alkyl halides is 3. The van der Waals surface area contributed by atoms with Crippen LogP contribution in [0.3, 0.4) is 0 Å². The second-order valence-corrected chi connectivity index (χ2v) is 8.95. The molecule has 11 heteroatoms. The van der Waals surface area contributed by atoms with Crippen molar-refractivity contribution in [2.75, 3.05) is 0 Å². The van der Waals surface area contributed by atoms with E-state index in [1.807, 2.05) is 0 Å². The smallest absolute Gasteiger partial charge is 0.416 e. The fourth-order valence-corrected chi connectivity index (χ4v) is 3.82. The lowest BCUT2D eigenvalue weighted by Crippen LogP contribution is -2.25. The van der Waals surface area contributed by atoms with Crippen LogP contribution < -0.4 is 10.2 Å². The van der Waals surface area contributed by atoms with Crippen LogP contribution in [0.25, 0.3) is 33.5 Å². The fourth-order valence-electron chi connectivity index (χ4n) is 3.82. The zero-order chi connectivity index (χ0) is 27.2. The average molecular weight is 526 g/mol. The zero-order valence-electron chi connectivity index (χ0n) is 19.8. The van der Waals surface area contributed by atoms with E-state index >= 15 is 0 Å². The number of hydrogen-bond donors (Lipinski definition) is 1. The highest BCUT2D eigenvalue weighted by Gasteiger charge is 2.33. The second kappa shape index (κ2) is 9.02. The highest BCUT2D eigenvalue weighted by molar-refractivity contribution is 5.82. The van der Waals surface area contributed by atoms with Gasteiger partial charge in [-0.05, 0) is 61.9 Å². The normalized spacial score (nSPS) is 12.2. The number of fused-ring (bicyclic) bond motifs is 1. The molecule has 38 heavy (non-hydrogen) atoms. The van der Waals surface area contributed by atoms with Gasteiger partial charge in [0.1, 0.15) is 29.2 Å². The molecule has 0 saturated carbocycles. The van der Waals surface area contributed by atoms with Gasteiger partial charge in [-0.1, -0.05) is 17.3 Å². The molecule has 0 bridgehead atoms. The third-order valence-electron chi connectivity index (χ3n) is 5.72. The molecule has 3 aromatic carbocycles. The Labute approximate surface area is 211 Å². The van der Waals surface area contributed by atoms with Gasteiger partial charge in [0.05, 0.1) is 16.5 Å². The summed E-state index contributed by atoms with van der Waals surface area (Å²) < 4.78 is 69.9. The SMILES string of the molecule is CC(C)(Oc1ccc2c(=O)c(-c3ccc(O)cc3)coc2c1)c1nc(-c2cc(F)cc(C(F)(F)F)c2)no1. The topological polar surface area (TPSA) is 98.6 Å². The summed E-state index contributed by atoms with van der Waals surface area (Å²) in [5.41, 5.74) is -1.79. The van der Waals surface area contributed by atoms with Crippen LogP contribution in [-0.4, -0.2) is 15.2 Å². The quantitative estimate of drug-likeness (QED) is 0.255. The summed E-state index contributed by atoms with van der Waals surface area (Å²) in [7, 11) is 0. The molecule has 2 aromatic heterocycles. The van der Waals surface area contributed by atoms with Crippen molar-refractivity contribution in [2.45, 2.75) is 25.6 Å². The van der Waals surface area contributed by atoms with E-state index in [4.69, 9.17) is 13.7 Å². The van der Waals surface area contributed by atoms with Crippen molar-refractivity contribution in [1.82, 2.24) is 10.1 Å². The number of aromatic nitrogens is 2. The Kier molecular flexibility index (Phi) is 5.93. The van der Waals surface area contributed by atoms with E-state index in [9.17, 15) is 27.5 Å². The maximum Gasteiger partial charge on any atom is 0.416 e. The van der Waals surface area contributed by atoms with Crippen molar-refractivity contribution in [3.63, 3.8) is 0 Å². The molecule has 0 saturated heterocycles. The van der Waals surface area contributed by atoms with E-state index in [2.05, 4.69) is 10.1 Å². The van der Waals surface area contributed by atoms with Crippen LogP contribution in [0.15, 0.2) is 80.7 Å². The van der Waals surface area contributed by atoms with Crippen molar-refractivity contribution in [1.29, 1.82) is 0 Å². The van der Waals surface area contributed by atoms with Gasteiger partial charge in [-0.2, -0.15) is 18.2 Å². The number of halogens is 4. The van der Waals surface area contributed by atoms with Crippen LogP contribution in [0.4, 0.5) is 17.6 Å². The molecule has 0 spiro atoms. The molecule has 5 aromatic rings. The van der Waals surface area contributed by atoms with Gasteiger partial charge in [-0.3, -0.25) is 4.79 Å². The Bertz CT molecular complexity index is 1710. The van der Waals surface area contributed by atoms with Gasteiger partial charge < -0.3 is 18.8 Å². The Morgan fingerprint density at radius 1 is 0.947 bits per heavy atom. The van der Waals surface area contributed by atoms with Crippen molar-refractivity contribution in [3.8, 4) is 34.0 Å². The molecule has 0 aliphatic carbocycles. The van der Waals surface area contributed by atoms with Gasteiger partial charge in [-0.25, -0.2) is 4.39 Å². The molecule has 0 unspecified atom stereocenters. The monoisotopic (exact) mass is 526 g/mol. The highest BCUT2D eigenvalue weighted by Crippen LogP contribution is 2.34. The van der Waals surface area contributed by atoms with Crippen LogP contribution >= 0.6 is 0 Å². The van der Waals surface area contributed by atoms with Gasteiger partial charge in [-0.15, -0.1) is 0 Å². The molecule has 2 heterocycles. The standard InChI is InChI=1S/C27H18F4N2O5/c1-26(2,25-32-24(33-38-25)15-9-16(27(29,30)31)11-17(28)10-15)37-19-7-8-20-22(12-19)36-13-21(23(20)35)14-3-5-18(34)6-4-14/h3-13,34H,1-2H3. The number of nitrogens with zero attached hydrogens (tertiary/aromatic N) is 2. The summed E-state index contributed by atoms with van der Waals surface area (Å²) in [5.74, 6) is -1.06. The number of ether oxygens (including phenoxy) is 1. The summed E-state index contributed by atoms with van der Waals surface area (Å²) in [5, 5.41) is 13.5. The minimum absolute atomic E-state index is 0.0682. The molecule has 7 nitrogen and oxygen atoms in total. The molecular formula is C27H18F4N2O5. The maximum absolute atomic E-state index is 13.8. The molecule has 1 N–H and O–H groups in total. The largest absolute Gasteiger partial charge is 0.508 e. The van der Waals surface area contributed by atoms with Crippen LogP contribution in [0.5, 0.6) is 11.5 Å². The summed E-state index contributed by atoms with van der Waals surface area (Å²) in [6, 6.07) is 12.7. The number of phenolic OH excluding ortho intramolecular Hbond substituents is 1. The molecule has 0 aliphatic heterocycles. The fraction of sp³-hybridized carbons (Fsp3) is 0.148.